The first-order valence-electron chi connectivity index (χ1n) is 6.91. The van der Waals surface area contributed by atoms with Gasteiger partial charge in [0.1, 0.15) is 0 Å². The molecule has 0 unspecified atom stereocenters. The van der Waals surface area contributed by atoms with Crippen molar-refractivity contribution in [1.29, 1.82) is 0 Å². The average Bonchev–Trinajstić information content (AvgIpc) is 2.47. The quantitative estimate of drug-likeness (QED) is 0.669. The number of hydrogen-bond donors (Lipinski definition) is 3. The number of aromatic nitrogens is 2. The van der Waals surface area contributed by atoms with Crippen LogP contribution in [0.1, 0.15) is 5.56 Å². The Kier molecular flexibility index (Phi) is 3.66. The summed E-state index contributed by atoms with van der Waals surface area (Å²) in [5.41, 5.74) is 1.31. The molecule has 1 aliphatic rings. The molecular formula is C14H18N4O2. The molecule has 0 saturated carbocycles. The zero-order valence-corrected chi connectivity index (χ0v) is 11.2. The van der Waals surface area contributed by atoms with Crippen molar-refractivity contribution in [2.75, 3.05) is 32.7 Å². The zero-order valence-electron chi connectivity index (χ0n) is 11.2. The monoisotopic (exact) mass is 274 g/mol. The van der Waals surface area contributed by atoms with Gasteiger partial charge >= 0.3 is 11.1 Å². The molecule has 2 heterocycles. The zero-order chi connectivity index (χ0) is 13.9. The van der Waals surface area contributed by atoms with Crippen molar-refractivity contribution >= 4 is 11.0 Å². The number of benzene rings is 1. The maximum atomic E-state index is 11.3. The molecule has 0 bridgehead atoms. The van der Waals surface area contributed by atoms with Gasteiger partial charge in [-0.2, -0.15) is 0 Å². The van der Waals surface area contributed by atoms with Crippen LogP contribution in [0.5, 0.6) is 0 Å². The Morgan fingerprint density at radius 1 is 1.00 bits per heavy atom. The highest BCUT2D eigenvalue weighted by Gasteiger charge is 2.09. The van der Waals surface area contributed by atoms with Gasteiger partial charge in [0, 0.05) is 32.7 Å². The molecule has 1 fully saturated rings. The molecule has 3 rings (SSSR count). The van der Waals surface area contributed by atoms with Crippen molar-refractivity contribution in [3.05, 3.63) is 44.5 Å². The molecular weight excluding hydrogens is 256 g/mol. The third kappa shape index (κ3) is 2.81. The predicted octanol–water partition coefficient (Wildman–Crippen LogP) is -0.336. The molecule has 1 saturated heterocycles. The van der Waals surface area contributed by atoms with Crippen LogP contribution in [0.2, 0.25) is 0 Å². The average molecular weight is 274 g/mol. The standard InChI is InChI=1S/C14H18N4O2/c19-13-14(20)17-12-9-10(1-2-11(12)16-13)3-6-18-7-4-15-5-8-18/h1-2,9,15H,3-8H2,(H,16,19)(H,17,20). The van der Waals surface area contributed by atoms with Crippen LogP contribution < -0.4 is 16.4 Å². The lowest BCUT2D eigenvalue weighted by atomic mass is 10.1. The van der Waals surface area contributed by atoms with Crippen LogP contribution in [0.25, 0.3) is 11.0 Å². The minimum atomic E-state index is -0.605. The molecule has 20 heavy (non-hydrogen) atoms. The van der Waals surface area contributed by atoms with Crippen LogP contribution in [0.4, 0.5) is 0 Å². The van der Waals surface area contributed by atoms with Gasteiger partial charge in [-0.1, -0.05) is 6.07 Å². The molecule has 0 atom stereocenters. The highest BCUT2D eigenvalue weighted by atomic mass is 16.2. The van der Waals surface area contributed by atoms with Crippen LogP contribution in [-0.4, -0.2) is 47.6 Å². The Morgan fingerprint density at radius 3 is 2.45 bits per heavy atom. The van der Waals surface area contributed by atoms with Gasteiger partial charge in [0.25, 0.3) is 0 Å². The lowest BCUT2D eigenvalue weighted by molar-refractivity contribution is 0.244. The largest absolute Gasteiger partial charge is 0.316 e. The van der Waals surface area contributed by atoms with Gasteiger partial charge in [0.05, 0.1) is 11.0 Å². The number of nitrogens with one attached hydrogen (secondary N) is 3. The molecule has 2 aromatic rings. The first-order valence-corrected chi connectivity index (χ1v) is 6.91. The summed E-state index contributed by atoms with van der Waals surface area (Å²) in [6, 6.07) is 5.79. The van der Waals surface area contributed by atoms with Crippen molar-refractivity contribution in [3.63, 3.8) is 0 Å². The van der Waals surface area contributed by atoms with E-state index in [9.17, 15) is 9.59 Å². The molecule has 0 aliphatic carbocycles. The summed E-state index contributed by atoms with van der Waals surface area (Å²) in [6.45, 7) is 5.27. The van der Waals surface area contributed by atoms with Gasteiger partial charge in [-0.3, -0.25) is 9.59 Å². The van der Waals surface area contributed by atoms with Crippen molar-refractivity contribution in [3.8, 4) is 0 Å². The van der Waals surface area contributed by atoms with Crippen molar-refractivity contribution in [2.45, 2.75) is 6.42 Å². The summed E-state index contributed by atoms with van der Waals surface area (Å²) in [4.78, 5) is 30.2. The van der Waals surface area contributed by atoms with E-state index in [1.807, 2.05) is 18.2 Å². The number of fused-ring (bicyclic) bond motifs is 1. The Labute approximate surface area is 115 Å². The fraction of sp³-hybridized carbons (Fsp3) is 0.429. The van der Waals surface area contributed by atoms with Gasteiger partial charge in [0.15, 0.2) is 0 Å². The van der Waals surface area contributed by atoms with Gasteiger partial charge in [-0.25, -0.2) is 0 Å². The topological polar surface area (TPSA) is 81.0 Å². The van der Waals surface area contributed by atoms with Crippen LogP contribution >= 0.6 is 0 Å². The summed E-state index contributed by atoms with van der Waals surface area (Å²) in [5.74, 6) is 0. The number of aromatic amines is 2. The third-order valence-electron chi connectivity index (χ3n) is 3.71. The minimum absolute atomic E-state index is 0.600. The molecule has 0 amide bonds. The maximum absolute atomic E-state index is 11.3. The molecule has 0 spiro atoms. The highest BCUT2D eigenvalue weighted by Crippen LogP contribution is 2.10. The van der Waals surface area contributed by atoms with Crippen LogP contribution in [0.15, 0.2) is 27.8 Å². The Morgan fingerprint density at radius 2 is 1.70 bits per heavy atom. The van der Waals surface area contributed by atoms with Gasteiger partial charge < -0.3 is 20.2 Å². The van der Waals surface area contributed by atoms with E-state index in [-0.39, 0.29) is 0 Å². The van der Waals surface area contributed by atoms with E-state index >= 15 is 0 Å². The molecule has 106 valence electrons. The second-order valence-electron chi connectivity index (χ2n) is 5.13. The van der Waals surface area contributed by atoms with Crippen LogP contribution in [0, 0.1) is 0 Å². The number of hydrogen-bond acceptors (Lipinski definition) is 4. The number of nitrogens with zero attached hydrogens (tertiary/aromatic N) is 1. The smallest absolute Gasteiger partial charge is 0.314 e. The lowest BCUT2D eigenvalue weighted by Crippen LogP contribution is -2.44. The fourth-order valence-electron chi connectivity index (χ4n) is 2.54. The highest BCUT2D eigenvalue weighted by molar-refractivity contribution is 5.74. The predicted molar refractivity (Wildman–Crippen MR) is 78.2 cm³/mol. The molecule has 6 heteroatoms. The lowest BCUT2D eigenvalue weighted by Gasteiger charge is -2.27. The Bertz CT molecular complexity index is 713. The number of rotatable bonds is 3. The summed E-state index contributed by atoms with van der Waals surface area (Å²) in [5, 5.41) is 3.33. The summed E-state index contributed by atoms with van der Waals surface area (Å²) >= 11 is 0. The van der Waals surface area contributed by atoms with E-state index in [0.29, 0.717) is 11.0 Å². The fourth-order valence-corrected chi connectivity index (χ4v) is 2.54. The Balaban J connectivity index is 1.76. The van der Waals surface area contributed by atoms with Gasteiger partial charge in [0.2, 0.25) is 0 Å². The van der Waals surface area contributed by atoms with Crippen LogP contribution in [0.3, 0.4) is 0 Å². The molecule has 1 aromatic carbocycles. The van der Waals surface area contributed by atoms with E-state index in [4.69, 9.17) is 0 Å². The third-order valence-corrected chi connectivity index (χ3v) is 3.71. The minimum Gasteiger partial charge on any atom is -0.316 e. The summed E-state index contributed by atoms with van der Waals surface area (Å²) in [6.07, 6.45) is 0.942. The first kappa shape index (κ1) is 13.1. The number of H-pyrrole nitrogens is 2. The second kappa shape index (κ2) is 5.60. The molecule has 1 aromatic heterocycles. The van der Waals surface area contributed by atoms with E-state index in [2.05, 4.69) is 20.2 Å². The normalized spacial score (nSPS) is 16.6. The molecule has 0 radical (unpaired) electrons. The van der Waals surface area contributed by atoms with Crippen molar-refractivity contribution < 1.29 is 0 Å². The summed E-state index contributed by atoms with van der Waals surface area (Å²) < 4.78 is 0. The van der Waals surface area contributed by atoms with E-state index in [0.717, 1.165) is 39.1 Å². The summed E-state index contributed by atoms with van der Waals surface area (Å²) in [7, 11) is 0. The van der Waals surface area contributed by atoms with E-state index in [1.54, 1.807) is 0 Å². The van der Waals surface area contributed by atoms with E-state index in [1.165, 1.54) is 5.56 Å². The molecule has 3 N–H and O–H groups in total. The van der Waals surface area contributed by atoms with Crippen molar-refractivity contribution in [1.82, 2.24) is 20.2 Å². The first-order chi connectivity index (χ1) is 9.72. The van der Waals surface area contributed by atoms with E-state index < -0.39 is 11.1 Å². The number of piperazine rings is 1. The SMILES string of the molecule is O=c1[nH]c2ccc(CCN3CCNCC3)cc2[nH]c1=O. The van der Waals surface area contributed by atoms with Gasteiger partial charge in [-0.15, -0.1) is 0 Å². The van der Waals surface area contributed by atoms with Crippen molar-refractivity contribution in [2.24, 2.45) is 0 Å². The van der Waals surface area contributed by atoms with Crippen LogP contribution in [-0.2, 0) is 6.42 Å². The van der Waals surface area contributed by atoms with Gasteiger partial charge in [-0.05, 0) is 24.1 Å². The Hall–Kier alpha value is -1.92. The molecule has 6 nitrogen and oxygen atoms in total. The molecule has 1 aliphatic heterocycles. The second-order valence-corrected chi connectivity index (χ2v) is 5.13. The maximum Gasteiger partial charge on any atom is 0.314 e.